The molecule has 0 amide bonds. The smallest absolute Gasteiger partial charge is 0.279 e. The molecule has 1 fully saturated rings. The molecule has 0 aromatic rings. The first-order valence-electron chi connectivity index (χ1n) is 4.19. The van der Waals surface area contributed by atoms with Gasteiger partial charge >= 0.3 is 0 Å². The largest absolute Gasteiger partial charge is 0.390 e. The van der Waals surface area contributed by atoms with E-state index in [2.05, 4.69) is 4.72 Å². The summed E-state index contributed by atoms with van der Waals surface area (Å²) >= 11 is 0. The van der Waals surface area contributed by atoms with Gasteiger partial charge in [-0.1, -0.05) is 0 Å². The van der Waals surface area contributed by atoms with E-state index in [9.17, 15) is 13.5 Å². The van der Waals surface area contributed by atoms with Gasteiger partial charge in [0, 0.05) is 26.2 Å². The van der Waals surface area contributed by atoms with Gasteiger partial charge in [-0.15, -0.1) is 0 Å². The number of aliphatic hydroxyl groups is 1. The van der Waals surface area contributed by atoms with Gasteiger partial charge in [-0.05, 0) is 6.42 Å². The average Bonchev–Trinajstić information content (AvgIpc) is 2.08. The van der Waals surface area contributed by atoms with Crippen molar-refractivity contribution in [1.82, 2.24) is 9.03 Å². The van der Waals surface area contributed by atoms with Crippen LogP contribution in [0.5, 0.6) is 0 Å². The van der Waals surface area contributed by atoms with E-state index in [0.29, 0.717) is 13.1 Å². The average molecular weight is 209 g/mol. The van der Waals surface area contributed by atoms with Crippen LogP contribution in [0, 0.1) is 0 Å². The zero-order valence-electron chi connectivity index (χ0n) is 7.31. The third kappa shape index (κ3) is 2.89. The van der Waals surface area contributed by atoms with Crippen molar-refractivity contribution in [3.63, 3.8) is 0 Å². The topological polar surface area (TPSA) is 95.7 Å². The standard InChI is InChI=1S/C6H15N3O3S/c7-4-6(10)5-9-3-1-2-8-13(9,11)12/h6,8,10H,1-5,7H2/t6-/m0/s1. The molecule has 1 aliphatic rings. The third-order valence-electron chi connectivity index (χ3n) is 1.90. The van der Waals surface area contributed by atoms with E-state index in [4.69, 9.17) is 5.73 Å². The summed E-state index contributed by atoms with van der Waals surface area (Å²) in [5.74, 6) is 0. The fourth-order valence-corrected chi connectivity index (χ4v) is 2.49. The quantitative estimate of drug-likeness (QED) is 0.493. The van der Waals surface area contributed by atoms with E-state index in [0.717, 1.165) is 6.42 Å². The second-order valence-corrected chi connectivity index (χ2v) is 4.76. The predicted molar refractivity (Wildman–Crippen MR) is 48.2 cm³/mol. The summed E-state index contributed by atoms with van der Waals surface area (Å²) in [4.78, 5) is 0. The molecular weight excluding hydrogens is 194 g/mol. The van der Waals surface area contributed by atoms with Crippen LogP contribution >= 0.6 is 0 Å². The zero-order valence-corrected chi connectivity index (χ0v) is 8.13. The Balaban J connectivity index is 2.56. The molecule has 0 bridgehead atoms. The van der Waals surface area contributed by atoms with Crippen molar-refractivity contribution in [2.24, 2.45) is 5.73 Å². The maximum absolute atomic E-state index is 11.3. The molecule has 0 aromatic heterocycles. The Kier molecular flexibility index (Phi) is 3.63. The van der Waals surface area contributed by atoms with Crippen molar-refractivity contribution in [2.45, 2.75) is 12.5 Å². The second kappa shape index (κ2) is 4.34. The number of aliphatic hydroxyl groups excluding tert-OH is 1. The van der Waals surface area contributed by atoms with E-state index < -0.39 is 16.3 Å². The van der Waals surface area contributed by atoms with Gasteiger partial charge in [0.15, 0.2) is 0 Å². The van der Waals surface area contributed by atoms with E-state index in [1.165, 1.54) is 4.31 Å². The van der Waals surface area contributed by atoms with Crippen LogP contribution in [0.25, 0.3) is 0 Å². The highest BCUT2D eigenvalue weighted by Crippen LogP contribution is 2.05. The SMILES string of the molecule is NC[C@H](O)CN1CCCNS1(=O)=O. The molecule has 13 heavy (non-hydrogen) atoms. The summed E-state index contributed by atoms with van der Waals surface area (Å²) in [5, 5.41) is 9.18. The maximum atomic E-state index is 11.3. The highest BCUT2D eigenvalue weighted by Gasteiger charge is 2.26. The highest BCUT2D eigenvalue weighted by atomic mass is 32.2. The van der Waals surface area contributed by atoms with Crippen molar-refractivity contribution in [1.29, 1.82) is 0 Å². The van der Waals surface area contributed by atoms with Gasteiger partial charge in [-0.25, -0.2) is 4.72 Å². The lowest BCUT2D eigenvalue weighted by Gasteiger charge is -2.27. The minimum absolute atomic E-state index is 0.0752. The molecule has 0 radical (unpaired) electrons. The molecule has 1 heterocycles. The van der Waals surface area contributed by atoms with Crippen LogP contribution in [0.1, 0.15) is 6.42 Å². The summed E-state index contributed by atoms with van der Waals surface area (Å²) in [7, 11) is -3.36. The van der Waals surface area contributed by atoms with Crippen LogP contribution < -0.4 is 10.5 Å². The molecule has 0 aliphatic carbocycles. The van der Waals surface area contributed by atoms with Gasteiger partial charge in [0.2, 0.25) is 0 Å². The highest BCUT2D eigenvalue weighted by molar-refractivity contribution is 7.87. The monoisotopic (exact) mass is 209 g/mol. The Morgan fingerprint density at radius 1 is 1.62 bits per heavy atom. The summed E-state index contributed by atoms with van der Waals surface area (Å²) in [6, 6.07) is 0. The van der Waals surface area contributed by atoms with Crippen LogP contribution in [0.2, 0.25) is 0 Å². The predicted octanol–water partition coefficient (Wildman–Crippen LogP) is -2.15. The number of rotatable bonds is 3. The molecule has 0 unspecified atom stereocenters. The van der Waals surface area contributed by atoms with Gasteiger partial charge in [0.25, 0.3) is 10.2 Å². The van der Waals surface area contributed by atoms with Crippen LogP contribution in [-0.2, 0) is 10.2 Å². The fourth-order valence-electron chi connectivity index (χ4n) is 1.17. The normalized spacial score (nSPS) is 25.7. The lowest BCUT2D eigenvalue weighted by molar-refractivity contribution is 0.150. The van der Waals surface area contributed by atoms with E-state index in [1.54, 1.807) is 0 Å². The molecular formula is C6H15N3O3S. The lowest BCUT2D eigenvalue weighted by atomic mass is 10.3. The summed E-state index contributed by atoms with van der Waals surface area (Å²) in [6.07, 6.45) is -0.0223. The van der Waals surface area contributed by atoms with Crippen molar-refractivity contribution in [3.05, 3.63) is 0 Å². The van der Waals surface area contributed by atoms with E-state index >= 15 is 0 Å². The first-order valence-corrected chi connectivity index (χ1v) is 5.63. The molecule has 1 saturated heterocycles. The summed E-state index contributed by atoms with van der Waals surface area (Å²) < 4.78 is 26.2. The number of hydrogen-bond donors (Lipinski definition) is 3. The molecule has 0 saturated carbocycles. The van der Waals surface area contributed by atoms with Gasteiger partial charge < -0.3 is 10.8 Å². The zero-order chi connectivity index (χ0) is 9.90. The van der Waals surface area contributed by atoms with Crippen molar-refractivity contribution in [3.8, 4) is 0 Å². The molecule has 4 N–H and O–H groups in total. The summed E-state index contributed by atoms with van der Waals surface area (Å²) in [5.41, 5.74) is 5.19. The minimum atomic E-state index is -3.36. The molecule has 78 valence electrons. The molecule has 1 rings (SSSR count). The van der Waals surface area contributed by atoms with Crippen LogP contribution in [-0.4, -0.2) is 50.1 Å². The maximum Gasteiger partial charge on any atom is 0.279 e. The lowest BCUT2D eigenvalue weighted by Crippen LogP contribution is -2.50. The Morgan fingerprint density at radius 3 is 2.85 bits per heavy atom. The van der Waals surface area contributed by atoms with E-state index in [-0.39, 0.29) is 13.1 Å². The van der Waals surface area contributed by atoms with Gasteiger partial charge in [0.1, 0.15) is 0 Å². The Labute approximate surface area is 77.9 Å². The Morgan fingerprint density at radius 2 is 2.31 bits per heavy atom. The van der Waals surface area contributed by atoms with Crippen LogP contribution in [0.4, 0.5) is 0 Å². The number of nitrogens with two attached hydrogens (primary N) is 1. The number of β-amino-alcohol motifs (C(OH)–C–C–N with tert-alkyl or cyclic N) is 1. The van der Waals surface area contributed by atoms with Crippen molar-refractivity contribution in [2.75, 3.05) is 26.2 Å². The first-order chi connectivity index (χ1) is 6.06. The van der Waals surface area contributed by atoms with Crippen LogP contribution in [0.3, 0.4) is 0 Å². The first kappa shape index (κ1) is 10.9. The molecule has 0 spiro atoms. The number of nitrogens with zero attached hydrogens (tertiary/aromatic N) is 1. The van der Waals surface area contributed by atoms with Gasteiger partial charge in [-0.3, -0.25) is 0 Å². The van der Waals surface area contributed by atoms with E-state index in [1.807, 2.05) is 0 Å². The number of nitrogens with one attached hydrogen (secondary N) is 1. The number of hydrogen-bond acceptors (Lipinski definition) is 4. The molecule has 1 aliphatic heterocycles. The fraction of sp³-hybridized carbons (Fsp3) is 1.00. The van der Waals surface area contributed by atoms with Crippen LogP contribution in [0.15, 0.2) is 0 Å². The van der Waals surface area contributed by atoms with Gasteiger partial charge in [0.05, 0.1) is 6.10 Å². The molecule has 1 atom stereocenters. The van der Waals surface area contributed by atoms with Crippen molar-refractivity contribution >= 4 is 10.2 Å². The van der Waals surface area contributed by atoms with Gasteiger partial charge in [-0.2, -0.15) is 12.7 Å². The Bertz CT molecular complexity index is 254. The third-order valence-corrected chi connectivity index (χ3v) is 3.48. The molecule has 6 nitrogen and oxygen atoms in total. The molecule has 0 aromatic carbocycles. The minimum Gasteiger partial charge on any atom is -0.390 e. The Hall–Kier alpha value is -0.210. The molecule has 7 heteroatoms. The van der Waals surface area contributed by atoms with Crippen molar-refractivity contribution < 1.29 is 13.5 Å². The second-order valence-electron chi connectivity index (χ2n) is 3.00. The summed E-state index contributed by atoms with van der Waals surface area (Å²) in [6.45, 7) is 1.07.